The van der Waals surface area contributed by atoms with Gasteiger partial charge >= 0.3 is 5.97 Å². The van der Waals surface area contributed by atoms with Crippen LogP contribution in [-0.4, -0.2) is 26.9 Å². The highest BCUT2D eigenvalue weighted by molar-refractivity contribution is 6.92. The third kappa shape index (κ3) is 2.85. The number of benzene rings is 1. The van der Waals surface area contributed by atoms with Crippen LogP contribution in [0.1, 0.15) is 19.8 Å². The summed E-state index contributed by atoms with van der Waals surface area (Å²) in [5.41, 5.74) is 0. The zero-order chi connectivity index (χ0) is 14.6. The molecule has 3 nitrogen and oxygen atoms in total. The second-order valence-electron chi connectivity index (χ2n) is 5.64. The minimum absolute atomic E-state index is 0.0620. The van der Waals surface area contributed by atoms with Gasteiger partial charge in [0.15, 0.2) is 0 Å². The average molecular weight is 290 g/mol. The molecular weight excluding hydrogens is 268 g/mol. The Morgan fingerprint density at radius 1 is 1.35 bits per heavy atom. The number of ether oxygens (including phenoxy) is 1. The van der Waals surface area contributed by atoms with Gasteiger partial charge in [-0.15, -0.1) is 0 Å². The van der Waals surface area contributed by atoms with Crippen molar-refractivity contribution in [3.63, 3.8) is 0 Å². The summed E-state index contributed by atoms with van der Waals surface area (Å²) < 4.78 is 4.83. The number of ketones is 1. The molecule has 2 atom stereocenters. The van der Waals surface area contributed by atoms with Crippen LogP contribution in [0.4, 0.5) is 0 Å². The Kier molecular flexibility index (Phi) is 4.76. The third-order valence-corrected chi connectivity index (χ3v) is 9.85. The number of methoxy groups -OCH3 is 1. The maximum atomic E-state index is 12.0. The van der Waals surface area contributed by atoms with E-state index in [0.717, 1.165) is 24.6 Å². The van der Waals surface area contributed by atoms with Crippen molar-refractivity contribution >= 4 is 25.0 Å². The first kappa shape index (κ1) is 15.0. The zero-order valence-corrected chi connectivity index (χ0v) is 13.2. The summed E-state index contributed by atoms with van der Waals surface area (Å²) in [6, 6.07) is 13.3. The second kappa shape index (κ2) is 6.35. The van der Waals surface area contributed by atoms with Gasteiger partial charge < -0.3 is 4.74 Å². The van der Waals surface area contributed by atoms with Gasteiger partial charge in [0.05, 0.1) is 15.2 Å². The fourth-order valence-electron chi connectivity index (χ4n) is 3.40. The molecule has 0 saturated carbocycles. The zero-order valence-electron chi connectivity index (χ0n) is 12.2. The molecule has 1 saturated heterocycles. The van der Waals surface area contributed by atoms with Gasteiger partial charge in [-0.05, 0) is 12.1 Å². The topological polar surface area (TPSA) is 43.4 Å². The maximum absolute atomic E-state index is 12.0. The van der Waals surface area contributed by atoms with Crippen LogP contribution in [0.15, 0.2) is 30.3 Å². The van der Waals surface area contributed by atoms with Gasteiger partial charge in [0.1, 0.15) is 11.7 Å². The van der Waals surface area contributed by atoms with E-state index < -0.39 is 14.0 Å². The number of rotatable bonds is 4. The van der Waals surface area contributed by atoms with E-state index in [2.05, 4.69) is 31.2 Å². The highest BCUT2D eigenvalue weighted by atomic mass is 28.3. The van der Waals surface area contributed by atoms with Gasteiger partial charge in [0.25, 0.3) is 0 Å². The lowest BCUT2D eigenvalue weighted by atomic mass is 10.0. The van der Waals surface area contributed by atoms with Gasteiger partial charge in [-0.3, -0.25) is 9.59 Å². The van der Waals surface area contributed by atoms with Crippen LogP contribution in [-0.2, 0) is 14.3 Å². The summed E-state index contributed by atoms with van der Waals surface area (Å²) in [7, 11) is -0.394. The van der Waals surface area contributed by atoms with Crippen LogP contribution in [0, 0.1) is 5.92 Å². The van der Waals surface area contributed by atoms with E-state index in [1.807, 2.05) is 6.07 Å². The van der Waals surface area contributed by atoms with E-state index in [1.165, 1.54) is 12.3 Å². The summed E-state index contributed by atoms with van der Waals surface area (Å²) in [5, 5.41) is 1.38. The van der Waals surface area contributed by atoms with Crippen LogP contribution in [0.25, 0.3) is 0 Å². The normalized spacial score (nSPS) is 26.3. The number of carbonyl (C=O) groups excluding carboxylic acids is 2. The Bertz CT molecular complexity index is 478. The minimum Gasteiger partial charge on any atom is -0.468 e. The molecule has 2 rings (SSSR count). The highest BCUT2D eigenvalue weighted by Crippen LogP contribution is 2.35. The largest absolute Gasteiger partial charge is 0.468 e. The predicted molar refractivity (Wildman–Crippen MR) is 81.7 cm³/mol. The van der Waals surface area contributed by atoms with Gasteiger partial charge in [-0.25, -0.2) is 0 Å². The molecule has 1 aromatic carbocycles. The smallest absolute Gasteiger partial charge is 0.315 e. The molecular formula is C16H22O3Si. The first-order valence-corrected chi connectivity index (χ1v) is 9.91. The molecule has 0 aromatic heterocycles. The van der Waals surface area contributed by atoms with Crippen molar-refractivity contribution < 1.29 is 14.3 Å². The van der Waals surface area contributed by atoms with E-state index in [0.29, 0.717) is 6.42 Å². The molecule has 0 aliphatic carbocycles. The first-order chi connectivity index (χ1) is 9.63. The lowest BCUT2D eigenvalue weighted by molar-refractivity contribution is -0.148. The molecule has 0 bridgehead atoms. The van der Waals surface area contributed by atoms with E-state index in [1.54, 1.807) is 0 Å². The van der Waals surface area contributed by atoms with Crippen molar-refractivity contribution in [3.8, 4) is 0 Å². The number of hydrogen-bond acceptors (Lipinski definition) is 3. The Morgan fingerprint density at radius 3 is 2.65 bits per heavy atom. The molecule has 2 unspecified atom stereocenters. The predicted octanol–water partition coefficient (Wildman–Crippen LogP) is 2.51. The van der Waals surface area contributed by atoms with E-state index >= 15 is 0 Å². The van der Waals surface area contributed by atoms with E-state index in [9.17, 15) is 9.59 Å². The molecule has 4 heteroatoms. The van der Waals surface area contributed by atoms with Crippen molar-refractivity contribution in [3.05, 3.63) is 30.3 Å². The van der Waals surface area contributed by atoms with Crippen LogP contribution in [0.2, 0.25) is 18.1 Å². The van der Waals surface area contributed by atoms with Crippen LogP contribution in [0.3, 0.4) is 0 Å². The molecule has 0 N–H and O–H groups in total. The molecule has 1 aromatic rings. The van der Waals surface area contributed by atoms with Crippen molar-refractivity contribution in [2.75, 3.05) is 7.11 Å². The maximum Gasteiger partial charge on any atom is 0.315 e. The summed E-state index contributed by atoms with van der Waals surface area (Å²) in [6.45, 7) is 2.18. The third-order valence-electron chi connectivity index (χ3n) is 4.43. The van der Waals surface area contributed by atoms with E-state index in [-0.39, 0.29) is 11.8 Å². The molecule has 1 heterocycles. The van der Waals surface area contributed by atoms with Gasteiger partial charge in [-0.1, -0.05) is 54.9 Å². The quantitative estimate of drug-likeness (QED) is 0.486. The average Bonchev–Trinajstić information content (AvgIpc) is 2.50. The fraction of sp³-hybridized carbons (Fsp3) is 0.500. The molecule has 0 amide bonds. The molecule has 0 radical (unpaired) electrons. The summed E-state index contributed by atoms with van der Waals surface area (Å²) >= 11 is 0. The SMILES string of the molecule is CCC[Si]1(c2ccccc2)CCC(=O)C(C(=O)OC)C1. The number of Topliss-reactive ketones (excluding diaryl/α,β-unsaturated/α-hetero) is 1. The summed E-state index contributed by atoms with van der Waals surface area (Å²) in [5.74, 6) is -0.821. The molecule has 0 spiro atoms. The number of carbonyl (C=O) groups is 2. The van der Waals surface area contributed by atoms with Crippen LogP contribution >= 0.6 is 0 Å². The molecule has 1 aliphatic rings. The standard InChI is InChI=1S/C16H22O3Si/c1-3-10-20(13-7-5-4-6-8-13)11-9-15(17)14(12-20)16(18)19-2/h4-8,14H,3,9-12H2,1-2H3. The minimum atomic E-state index is -1.76. The van der Waals surface area contributed by atoms with Crippen molar-refractivity contribution in [1.82, 2.24) is 0 Å². The fourth-order valence-corrected chi connectivity index (χ4v) is 8.63. The monoisotopic (exact) mass is 290 g/mol. The van der Waals surface area contributed by atoms with Crippen molar-refractivity contribution in [2.45, 2.75) is 37.9 Å². The van der Waals surface area contributed by atoms with Crippen LogP contribution in [0.5, 0.6) is 0 Å². The molecule has 108 valence electrons. The Morgan fingerprint density at radius 2 is 2.05 bits per heavy atom. The second-order valence-corrected chi connectivity index (χ2v) is 10.2. The number of esters is 1. The van der Waals surface area contributed by atoms with Crippen molar-refractivity contribution in [2.24, 2.45) is 5.92 Å². The Balaban J connectivity index is 2.34. The molecule has 1 aliphatic heterocycles. The first-order valence-electron chi connectivity index (χ1n) is 7.29. The van der Waals surface area contributed by atoms with Crippen LogP contribution < -0.4 is 5.19 Å². The Labute approximate surface area is 121 Å². The Hall–Kier alpha value is -1.42. The van der Waals surface area contributed by atoms with Crippen molar-refractivity contribution in [1.29, 1.82) is 0 Å². The van der Waals surface area contributed by atoms with E-state index in [4.69, 9.17) is 4.74 Å². The summed E-state index contributed by atoms with van der Waals surface area (Å²) in [4.78, 5) is 23.9. The van der Waals surface area contributed by atoms with Gasteiger partial charge in [0, 0.05) is 6.42 Å². The van der Waals surface area contributed by atoms with Gasteiger partial charge in [0.2, 0.25) is 0 Å². The van der Waals surface area contributed by atoms with Gasteiger partial charge in [-0.2, -0.15) is 0 Å². The summed E-state index contributed by atoms with van der Waals surface area (Å²) in [6.07, 6.45) is 1.63. The molecule has 1 fully saturated rings. The highest BCUT2D eigenvalue weighted by Gasteiger charge is 2.45. The molecule has 20 heavy (non-hydrogen) atoms. The lowest BCUT2D eigenvalue weighted by Crippen LogP contribution is -2.54. The number of hydrogen-bond donors (Lipinski definition) is 0. The lowest BCUT2D eigenvalue weighted by Gasteiger charge is -2.38.